The molecule has 0 aliphatic heterocycles. The average Bonchev–Trinajstić information content (AvgIpc) is 2.66. The summed E-state index contributed by atoms with van der Waals surface area (Å²) < 4.78 is 6.12. The van der Waals surface area contributed by atoms with Crippen molar-refractivity contribution in [3.63, 3.8) is 0 Å². The minimum absolute atomic E-state index is 0.587. The van der Waals surface area contributed by atoms with Gasteiger partial charge in [0.2, 0.25) is 0 Å². The molecule has 0 spiro atoms. The molecule has 0 heterocycles. The van der Waals surface area contributed by atoms with Crippen LogP contribution in [0.3, 0.4) is 0 Å². The lowest BCUT2D eigenvalue weighted by Crippen LogP contribution is -2.23. The van der Waals surface area contributed by atoms with Crippen LogP contribution in [0.4, 0.5) is 0 Å². The zero-order valence-corrected chi connectivity index (χ0v) is 18.3. The molecule has 0 amide bonds. The van der Waals surface area contributed by atoms with Gasteiger partial charge in [-0.25, -0.2) is 0 Å². The minimum Gasteiger partial charge on any atom is -0.378 e. The Morgan fingerprint density at radius 2 is 1.23 bits per heavy atom. The maximum atomic E-state index is 6.12. The van der Waals surface area contributed by atoms with Crippen molar-refractivity contribution < 1.29 is 4.74 Å². The number of ether oxygens (including phenoxy) is 1. The van der Waals surface area contributed by atoms with E-state index in [2.05, 4.69) is 20.8 Å². The Hall–Kier alpha value is -0.0400. The van der Waals surface area contributed by atoms with Crippen molar-refractivity contribution in [2.45, 2.75) is 130 Å². The van der Waals surface area contributed by atoms with Crippen molar-refractivity contribution in [2.75, 3.05) is 6.61 Å². The molecule has 0 saturated heterocycles. The fourth-order valence-electron chi connectivity index (χ4n) is 5.22. The Morgan fingerprint density at radius 1 is 0.692 bits per heavy atom. The van der Waals surface area contributed by atoms with E-state index >= 15 is 0 Å². The number of hydrogen-bond donors (Lipinski definition) is 0. The highest BCUT2D eigenvalue weighted by Crippen LogP contribution is 2.37. The molecule has 26 heavy (non-hydrogen) atoms. The van der Waals surface area contributed by atoms with E-state index in [1.165, 1.54) is 103 Å². The third kappa shape index (κ3) is 9.25. The first kappa shape index (κ1) is 22.3. The largest absolute Gasteiger partial charge is 0.378 e. The predicted molar refractivity (Wildman–Crippen MR) is 115 cm³/mol. The fraction of sp³-hybridized carbons (Fsp3) is 1.00. The maximum absolute atomic E-state index is 6.12. The Kier molecular flexibility index (Phi) is 11.3. The van der Waals surface area contributed by atoms with Crippen LogP contribution in [0.2, 0.25) is 0 Å². The SMILES string of the molecule is CCCCCCOC1CCC(CCC2CCC(CCC(C)C)CC2)CC1. The van der Waals surface area contributed by atoms with Crippen LogP contribution in [0.1, 0.15) is 124 Å². The summed E-state index contributed by atoms with van der Waals surface area (Å²) in [6, 6.07) is 0. The Balaban J connectivity index is 1.47. The van der Waals surface area contributed by atoms with Crippen LogP contribution in [-0.2, 0) is 4.74 Å². The average molecular weight is 365 g/mol. The molecule has 0 aromatic heterocycles. The van der Waals surface area contributed by atoms with Crippen molar-refractivity contribution in [3.8, 4) is 0 Å². The number of hydrogen-bond acceptors (Lipinski definition) is 1. The summed E-state index contributed by atoms with van der Waals surface area (Å²) in [5.74, 6) is 4.01. The third-order valence-electron chi connectivity index (χ3n) is 7.25. The summed E-state index contributed by atoms with van der Waals surface area (Å²) in [5.41, 5.74) is 0. The van der Waals surface area contributed by atoms with Gasteiger partial charge in [0, 0.05) is 6.61 Å². The first-order valence-electron chi connectivity index (χ1n) is 12.3. The Labute approximate surface area is 165 Å². The van der Waals surface area contributed by atoms with Gasteiger partial charge in [-0.15, -0.1) is 0 Å². The van der Waals surface area contributed by atoms with Crippen LogP contribution < -0.4 is 0 Å². The molecule has 0 radical (unpaired) electrons. The highest BCUT2D eigenvalue weighted by Gasteiger charge is 2.25. The molecule has 0 N–H and O–H groups in total. The molecule has 1 nitrogen and oxygen atoms in total. The van der Waals surface area contributed by atoms with Crippen LogP contribution in [0, 0.1) is 23.7 Å². The van der Waals surface area contributed by atoms with E-state index < -0.39 is 0 Å². The molecular weight excluding hydrogens is 316 g/mol. The van der Waals surface area contributed by atoms with E-state index in [0.717, 1.165) is 30.3 Å². The lowest BCUT2D eigenvalue weighted by atomic mass is 9.75. The van der Waals surface area contributed by atoms with Gasteiger partial charge in [0.05, 0.1) is 6.10 Å². The molecule has 2 aliphatic carbocycles. The second-order valence-electron chi connectivity index (χ2n) is 10.0. The van der Waals surface area contributed by atoms with E-state index in [-0.39, 0.29) is 0 Å². The first-order chi connectivity index (χ1) is 12.7. The topological polar surface area (TPSA) is 9.23 Å². The number of rotatable bonds is 12. The van der Waals surface area contributed by atoms with Gasteiger partial charge in [0.25, 0.3) is 0 Å². The molecule has 0 aromatic rings. The quantitative estimate of drug-likeness (QED) is 0.317. The van der Waals surface area contributed by atoms with Gasteiger partial charge >= 0.3 is 0 Å². The van der Waals surface area contributed by atoms with Crippen LogP contribution in [0.5, 0.6) is 0 Å². The van der Waals surface area contributed by atoms with Crippen molar-refractivity contribution in [1.29, 1.82) is 0 Å². The van der Waals surface area contributed by atoms with Gasteiger partial charge in [-0.3, -0.25) is 0 Å². The van der Waals surface area contributed by atoms with Gasteiger partial charge in [0.15, 0.2) is 0 Å². The van der Waals surface area contributed by atoms with Crippen LogP contribution in [-0.4, -0.2) is 12.7 Å². The summed E-state index contributed by atoms with van der Waals surface area (Å²) >= 11 is 0. The molecule has 2 rings (SSSR count). The lowest BCUT2D eigenvalue weighted by Gasteiger charge is -2.32. The fourth-order valence-corrected chi connectivity index (χ4v) is 5.22. The molecule has 2 saturated carbocycles. The summed E-state index contributed by atoms with van der Waals surface area (Å²) in [5, 5.41) is 0. The van der Waals surface area contributed by atoms with Gasteiger partial charge in [0.1, 0.15) is 0 Å². The molecule has 0 aromatic carbocycles. The monoisotopic (exact) mass is 364 g/mol. The molecule has 0 bridgehead atoms. The van der Waals surface area contributed by atoms with Gasteiger partial charge in [-0.1, -0.05) is 91.4 Å². The smallest absolute Gasteiger partial charge is 0.0575 e. The summed E-state index contributed by atoms with van der Waals surface area (Å²) in [4.78, 5) is 0. The highest BCUT2D eigenvalue weighted by molar-refractivity contribution is 4.77. The van der Waals surface area contributed by atoms with Gasteiger partial charge < -0.3 is 4.74 Å². The molecular formula is C25H48O. The minimum atomic E-state index is 0.587. The zero-order valence-electron chi connectivity index (χ0n) is 18.3. The second-order valence-corrected chi connectivity index (χ2v) is 10.0. The molecule has 0 atom stereocenters. The maximum Gasteiger partial charge on any atom is 0.0575 e. The van der Waals surface area contributed by atoms with Crippen molar-refractivity contribution in [3.05, 3.63) is 0 Å². The van der Waals surface area contributed by atoms with Crippen LogP contribution in [0.15, 0.2) is 0 Å². The summed E-state index contributed by atoms with van der Waals surface area (Å²) in [6.45, 7) is 8.03. The number of unbranched alkanes of at least 4 members (excludes halogenated alkanes) is 3. The summed E-state index contributed by atoms with van der Waals surface area (Å²) in [6.07, 6.45) is 23.5. The first-order valence-corrected chi connectivity index (χ1v) is 12.3. The molecule has 154 valence electrons. The normalized spacial score (nSPS) is 30.0. The van der Waals surface area contributed by atoms with E-state index in [4.69, 9.17) is 4.74 Å². The van der Waals surface area contributed by atoms with Crippen molar-refractivity contribution in [2.24, 2.45) is 23.7 Å². The molecule has 0 unspecified atom stereocenters. The standard InChI is InChI=1S/C25H48O/c1-4-5-6-7-20-26-25-18-16-24(17-19-25)15-14-23-12-10-22(11-13-23)9-8-21(2)3/h21-25H,4-20H2,1-3H3. The predicted octanol–water partition coefficient (Wildman–Crippen LogP) is 8.16. The second kappa shape index (κ2) is 13.2. The van der Waals surface area contributed by atoms with E-state index in [1.54, 1.807) is 0 Å². The lowest BCUT2D eigenvalue weighted by molar-refractivity contribution is 0.0145. The van der Waals surface area contributed by atoms with Crippen molar-refractivity contribution >= 4 is 0 Å². The Morgan fingerprint density at radius 3 is 1.77 bits per heavy atom. The highest BCUT2D eigenvalue weighted by atomic mass is 16.5. The van der Waals surface area contributed by atoms with E-state index in [1.807, 2.05) is 0 Å². The molecule has 2 fully saturated rings. The van der Waals surface area contributed by atoms with Crippen molar-refractivity contribution in [1.82, 2.24) is 0 Å². The Bertz CT molecular complexity index is 321. The van der Waals surface area contributed by atoms with E-state index in [9.17, 15) is 0 Å². The summed E-state index contributed by atoms with van der Waals surface area (Å²) in [7, 11) is 0. The van der Waals surface area contributed by atoms with Crippen LogP contribution >= 0.6 is 0 Å². The molecule has 2 aliphatic rings. The van der Waals surface area contributed by atoms with E-state index in [0.29, 0.717) is 6.10 Å². The third-order valence-corrected chi connectivity index (χ3v) is 7.25. The van der Waals surface area contributed by atoms with Gasteiger partial charge in [-0.05, 0) is 55.8 Å². The molecule has 1 heteroatoms. The van der Waals surface area contributed by atoms with Crippen LogP contribution in [0.25, 0.3) is 0 Å². The van der Waals surface area contributed by atoms with Gasteiger partial charge in [-0.2, -0.15) is 0 Å². The zero-order chi connectivity index (χ0) is 18.6.